The number of nitrogens with one attached hydrogen (secondary N) is 1. The fourth-order valence-electron chi connectivity index (χ4n) is 1.90. The van der Waals surface area contributed by atoms with Crippen LogP contribution in [0.15, 0.2) is 35.5 Å². The molecule has 100 valence electrons. The fourth-order valence-corrected chi connectivity index (χ4v) is 1.90. The topological polar surface area (TPSA) is 70.6 Å². The van der Waals surface area contributed by atoms with Gasteiger partial charge in [-0.1, -0.05) is 42.4 Å². The minimum absolute atomic E-state index is 0.289. The van der Waals surface area contributed by atoms with Crippen LogP contribution in [0, 0.1) is 0 Å². The molecule has 0 aliphatic rings. The predicted molar refractivity (Wildman–Crippen MR) is 74.9 cm³/mol. The van der Waals surface area contributed by atoms with E-state index in [1.54, 1.807) is 0 Å². The van der Waals surface area contributed by atoms with Gasteiger partial charge in [-0.25, -0.2) is 0 Å². The van der Waals surface area contributed by atoms with Crippen molar-refractivity contribution in [3.8, 4) is 0 Å². The second kappa shape index (κ2) is 8.53. The van der Waals surface area contributed by atoms with Crippen molar-refractivity contribution < 1.29 is 5.21 Å². The van der Waals surface area contributed by atoms with E-state index in [0.717, 1.165) is 25.8 Å². The highest BCUT2D eigenvalue weighted by Gasteiger charge is 2.07. The van der Waals surface area contributed by atoms with E-state index in [9.17, 15) is 0 Å². The van der Waals surface area contributed by atoms with Gasteiger partial charge in [0.05, 0.1) is 0 Å². The minimum atomic E-state index is 0.289. The molecule has 4 N–H and O–H groups in total. The van der Waals surface area contributed by atoms with Crippen molar-refractivity contribution in [2.75, 3.05) is 6.54 Å². The summed E-state index contributed by atoms with van der Waals surface area (Å²) in [7, 11) is 0. The van der Waals surface area contributed by atoms with Gasteiger partial charge >= 0.3 is 0 Å². The summed E-state index contributed by atoms with van der Waals surface area (Å²) in [6.07, 6.45) is 3.74. The Balaban J connectivity index is 2.20. The molecule has 4 nitrogen and oxygen atoms in total. The highest BCUT2D eigenvalue weighted by Crippen LogP contribution is 2.03. The molecule has 0 bridgehead atoms. The second-order valence-corrected chi connectivity index (χ2v) is 4.44. The quantitative estimate of drug-likeness (QED) is 0.217. The number of aryl methyl sites for hydroxylation is 1. The zero-order chi connectivity index (χ0) is 13.2. The third-order valence-electron chi connectivity index (χ3n) is 2.99. The molecule has 0 aliphatic carbocycles. The average Bonchev–Trinajstić information content (AvgIpc) is 2.43. The van der Waals surface area contributed by atoms with Crippen LogP contribution in [0.4, 0.5) is 0 Å². The van der Waals surface area contributed by atoms with Gasteiger partial charge < -0.3 is 16.3 Å². The summed E-state index contributed by atoms with van der Waals surface area (Å²) in [6.45, 7) is 3.05. The van der Waals surface area contributed by atoms with E-state index in [1.807, 2.05) is 6.07 Å². The van der Waals surface area contributed by atoms with Crippen molar-refractivity contribution in [1.82, 2.24) is 5.32 Å². The van der Waals surface area contributed by atoms with Crippen LogP contribution in [0.5, 0.6) is 0 Å². The molecule has 0 aliphatic heterocycles. The van der Waals surface area contributed by atoms with Crippen LogP contribution in [-0.4, -0.2) is 23.6 Å². The molecule has 0 saturated heterocycles. The molecular weight excluding hydrogens is 226 g/mol. The highest BCUT2D eigenvalue weighted by atomic mass is 16.4. The van der Waals surface area contributed by atoms with Crippen LogP contribution >= 0.6 is 0 Å². The highest BCUT2D eigenvalue weighted by molar-refractivity contribution is 5.80. The molecule has 18 heavy (non-hydrogen) atoms. The summed E-state index contributed by atoms with van der Waals surface area (Å²) in [5, 5.41) is 15.0. The predicted octanol–water partition coefficient (Wildman–Crippen LogP) is 2.12. The summed E-state index contributed by atoms with van der Waals surface area (Å²) < 4.78 is 0. The van der Waals surface area contributed by atoms with Gasteiger partial charge in [0.1, 0.15) is 5.84 Å². The van der Waals surface area contributed by atoms with Gasteiger partial charge in [0.15, 0.2) is 0 Å². The van der Waals surface area contributed by atoms with Crippen molar-refractivity contribution in [3.63, 3.8) is 0 Å². The Hall–Kier alpha value is -1.55. The minimum Gasteiger partial charge on any atom is -0.409 e. The van der Waals surface area contributed by atoms with Crippen molar-refractivity contribution in [1.29, 1.82) is 0 Å². The molecule has 0 fully saturated rings. The third-order valence-corrected chi connectivity index (χ3v) is 2.99. The van der Waals surface area contributed by atoms with Gasteiger partial charge in [-0.2, -0.15) is 0 Å². The lowest BCUT2D eigenvalue weighted by atomic mass is 10.1. The van der Waals surface area contributed by atoms with E-state index in [-0.39, 0.29) is 11.9 Å². The molecule has 0 aromatic heterocycles. The summed E-state index contributed by atoms with van der Waals surface area (Å²) in [4.78, 5) is 0. The molecule has 0 radical (unpaired) electrons. The zero-order valence-corrected chi connectivity index (χ0v) is 11.0. The largest absolute Gasteiger partial charge is 0.409 e. The SMILES string of the molecule is CCC(CC(N)=NO)NCCCc1ccccc1. The molecule has 1 atom stereocenters. The lowest BCUT2D eigenvalue weighted by Crippen LogP contribution is -2.33. The lowest BCUT2D eigenvalue weighted by Gasteiger charge is -2.15. The van der Waals surface area contributed by atoms with Crippen LogP contribution in [0.25, 0.3) is 0 Å². The van der Waals surface area contributed by atoms with E-state index < -0.39 is 0 Å². The van der Waals surface area contributed by atoms with Crippen molar-refractivity contribution in [2.45, 2.75) is 38.6 Å². The third kappa shape index (κ3) is 5.68. The maximum absolute atomic E-state index is 8.53. The maximum Gasteiger partial charge on any atom is 0.140 e. The van der Waals surface area contributed by atoms with Crippen molar-refractivity contribution >= 4 is 5.84 Å². The van der Waals surface area contributed by atoms with E-state index >= 15 is 0 Å². The number of hydrogen-bond acceptors (Lipinski definition) is 3. The van der Waals surface area contributed by atoms with Crippen LogP contribution in [0.3, 0.4) is 0 Å². The summed E-state index contributed by atoms with van der Waals surface area (Å²) in [6, 6.07) is 10.7. The van der Waals surface area contributed by atoms with Gasteiger partial charge in [-0.05, 0) is 31.4 Å². The maximum atomic E-state index is 8.53. The lowest BCUT2D eigenvalue weighted by molar-refractivity contribution is 0.315. The van der Waals surface area contributed by atoms with E-state index in [0.29, 0.717) is 6.42 Å². The number of amidine groups is 1. The number of rotatable bonds is 8. The first-order valence-corrected chi connectivity index (χ1v) is 6.50. The Morgan fingerprint density at radius 1 is 1.39 bits per heavy atom. The fraction of sp³-hybridized carbons (Fsp3) is 0.500. The summed E-state index contributed by atoms with van der Waals surface area (Å²) in [5.74, 6) is 0.289. The number of oxime groups is 1. The van der Waals surface area contributed by atoms with Crippen molar-refractivity contribution in [3.05, 3.63) is 35.9 Å². The van der Waals surface area contributed by atoms with Gasteiger partial charge in [0.2, 0.25) is 0 Å². The van der Waals surface area contributed by atoms with Crippen LogP contribution in [-0.2, 0) is 6.42 Å². The molecular formula is C14H23N3O. The van der Waals surface area contributed by atoms with Gasteiger partial charge in [-0.3, -0.25) is 0 Å². The average molecular weight is 249 g/mol. The second-order valence-electron chi connectivity index (χ2n) is 4.44. The first kappa shape index (κ1) is 14.5. The Labute approximate surface area is 109 Å². The van der Waals surface area contributed by atoms with E-state index in [4.69, 9.17) is 10.9 Å². The van der Waals surface area contributed by atoms with Gasteiger partial charge in [-0.15, -0.1) is 0 Å². The molecule has 0 spiro atoms. The molecule has 0 saturated carbocycles. The number of nitrogens with two attached hydrogens (primary N) is 1. The van der Waals surface area contributed by atoms with Crippen LogP contribution in [0.2, 0.25) is 0 Å². The normalized spacial score (nSPS) is 13.5. The monoisotopic (exact) mass is 249 g/mol. The molecule has 1 aromatic carbocycles. The Morgan fingerprint density at radius 2 is 2.11 bits per heavy atom. The Morgan fingerprint density at radius 3 is 2.72 bits per heavy atom. The number of nitrogens with zero attached hydrogens (tertiary/aromatic N) is 1. The molecule has 1 rings (SSSR count). The first-order chi connectivity index (χ1) is 8.76. The smallest absolute Gasteiger partial charge is 0.140 e. The van der Waals surface area contributed by atoms with E-state index in [1.165, 1.54) is 5.56 Å². The van der Waals surface area contributed by atoms with Crippen molar-refractivity contribution in [2.24, 2.45) is 10.9 Å². The molecule has 0 amide bonds. The summed E-state index contributed by atoms with van der Waals surface area (Å²) >= 11 is 0. The molecule has 4 heteroatoms. The number of hydrogen-bond donors (Lipinski definition) is 3. The first-order valence-electron chi connectivity index (χ1n) is 6.50. The Bertz CT molecular complexity index is 351. The number of benzene rings is 1. The van der Waals surface area contributed by atoms with Gasteiger partial charge in [0, 0.05) is 12.5 Å². The van der Waals surface area contributed by atoms with Crippen LogP contribution < -0.4 is 11.1 Å². The van der Waals surface area contributed by atoms with Gasteiger partial charge in [0.25, 0.3) is 0 Å². The summed E-state index contributed by atoms with van der Waals surface area (Å²) in [5.41, 5.74) is 6.87. The van der Waals surface area contributed by atoms with Crippen LogP contribution in [0.1, 0.15) is 31.7 Å². The molecule has 1 aromatic rings. The molecule has 1 unspecified atom stereocenters. The zero-order valence-electron chi connectivity index (χ0n) is 11.0. The Kier molecular flexibility index (Phi) is 6.87. The standard InChI is InChI=1S/C14H23N3O/c1-2-13(11-14(15)17-18)16-10-6-9-12-7-4-3-5-8-12/h3-5,7-8,13,16,18H,2,6,9-11H2,1H3,(H2,15,17). The molecule has 0 heterocycles. The van der Waals surface area contributed by atoms with E-state index in [2.05, 4.69) is 41.7 Å².